The SMILES string of the molecule is CC1CCCOCc2ccc(C(F)(F)F)cc2N=N1. The lowest BCUT2D eigenvalue weighted by molar-refractivity contribution is -0.137. The zero-order valence-electron chi connectivity index (χ0n) is 10.6. The smallest absolute Gasteiger partial charge is 0.377 e. The highest BCUT2D eigenvalue weighted by molar-refractivity contribution is 5.48. The summed E-state index contributed by atoms with van der Waals surface area (Å²) >= 11 is 0. The van der Waals surface area contributed by atoms with Gasteiger partial charge in [-0.1, -0.05) is 6.07 Å². The summed E-state index contributed by atoms with van der Waals surface area (Å²) in [4.78, 5) is 0. The molecule has 0 fully saturated rings. The molecule has 1 aromatic carbocycles. The molecule has 1 atom stereocenters. The summed E-state index contributed by atoms with van der Waals surface area (Å²) in [5.41, 5.74) is 0.157. The van der Waals surface area contributed by atoms with Gasteiger partial charge < -0.3 is 4.74 Å². The van der Waals surface area contributed by atoms with Gasteiger partial charge in [0.25, 0.3) is 0 Å². The summed E-state index contributed by atoms with van der Waals surface area (Å²) in [5.74, 6) is 0. The largest absolute Gasteiger partial charge is 0.416 e. The van der Waals surface area contributed by atoms with E-state index in [1.54, 1.807) is 0 Å². The zero-order chi connectivity index (χ0) is 13.9. The van der Waals surface area contributed by atoms with Gasteiger partial charge in [-0.25, -0.2) is 0 Å². The Hall–Kier alpha value is -1.43. The second-order valence-corrected chi connectivity index (χ2v) is 4.60. The van der Waals surface area contributed by atoms with E-state index in [9.17, 15) is 13.2 Å². The van der Waals surface area contributed by atoms with Crippen molar-refractivity contribution in [2.24, 2.45) is 10.2 Å². The average Bonchev–Trinajstić information content (AvgIpc) is 2.35. The van der Waals surface area contributed by atoms with Gasteiger partial charge in [0, 0.05) is 12.2 Å². The summed E-state index contributed by atoms with van der Waals surface area (Å²) in [5, 5.41) is 8.00. The monoisotopic (exact) mass is 272 g/mol. The molecule has 0 radical (unpaired) electrons. The van der Waals surface area contributed by atoms with Crippen LogP contribution in [0.25, 0.3) is 0 Å². The van der Waals surface area contributed by atoms with Crippen molar-refractivity contribution in [2.45, 2.75) is 38.6 Å². The van der Waals surface area contributed by atoms with E-state index in [1.165, 1.54) is 6.07 Å². The highest BCUT2D eigenvalue weighted by Gasteiger charge is 2.31. The summed E-state index contributed by atoms with van der Waals surface area (Å²) < 4.78 is 43.4. The van der Waals surface area contributed by atoms with Gasteiger partial charge in [-0.15, -0.1) is 0 Å². The molecule has 1 heterocycles. The molecule has 19 heavy (non-hydrogen) atoms. The molecule has 0 saturated carbocycles. The number of halogens is 3. The number of hydrogen-bond donors (Lipinski definition) is 0. The van der Waals surface area contributed by atoms with E-state index in [0.29, 0.717) is 12.2 Å². The van der Waals surface area contributed by atoms with Gasteiger partial charge in [-0.05, 0) is 31.9 Å². The Morgan fingerprint density at radius 1 is 1.32 bits per heavy atom. The molecule has 0 amide bonds. The number of alkyl halides is 3. The third-order valence-corrected chi connectivity index (χ3v) is 2.94. The van der Waals surface area contributed by atoms with Crippen LogP contribution in [0, 0.1) is 0 Å². The Labute approximate surface area is 109 Å². The number of hydrogen-bond acceptors (Lipinski definition) is 3. The number of nitrogens with zero attached hydrogens (tertiary/aromatic N) is 2. The minimum Gasteiger partial charge on any atom is -0.377 e. The molecule has 104 valence electrons. The van der Waals surface area contributed by atoms with Crippen LogP contribution in [0.5, 0.6) is 0 Å². The van der Waals surface area contributed by atoms with Gasteiger partial charge in [-0.2, -0.15) is 23.4 Å². The molecule has 1 aliphatic rings. The van der Waals surface area contributed by atoms with E-state index in [1.807, 2.05) is 6.92 Å². The quantitative estimate of drug-likeness (QED) is 0.685. The Morgan fingerprint density at radius 2 is 2.11 bits per heavy atom. The third-order valence-electron chi connectivity index (χ3n) is 2.94. The summed E-state index contributed by atoms with van der Waals surface area (Å²) in [6.07, 6.45) is -2.68. The van der Waals surface area contributed by atoms with Crippen molar-refractivity contribution in [1.29, 1.82) is 0 Å². The topological polar surface area (TPSA) is 34.0 Å². The Morgan fingerprint density at radius 3 is 2.84 bits per heavy atom. The van der Waals surface area contributed by atoms with Crippen molar-refractivity contribution >= 4 is 5.69 Å². The lowest BCUT2D eigenvalue weighted by atomic mass is 10.1. The molecule has 1 aromatic rings. The van der Waals surface area contributed by atoms with Crippen LogP contribution in [0.1, 0.15) is 30.9 Å². The van der Waals surface area contributed by atoms with Crippen molar-refractivity contribution in [2.75, 3.05) is 6.61 Å². The molecule has 2 rings (SSSR count). The van der Waals surface area contributed by atoms with Gasteiger partial charge in [0.2, 0.25) is 0 Å². The van der Waals surface area contributed by atoms with Crippen LogP contribution in [0.3, 0.4) is 0 Å². The predicted molar refractivity (Wildman–Crippen MR) is 64.3 cm³/mol. The Balaban J connectivity index is 2.36. The number of fused-ring (bicyclic) bond motifs is 1. The van der Waals surface area contributed by atoms with E-state index in [4.69, 9.17) is 4.74 Å². The van der Waals surface area contributed by atoms with Gasteiger partial charge in [0.15, 0.2) is 0 Å². The highest BCUT2D eigenvalue weighted by atomic mass is 19.4. The Bertz CT molecular complexity index is 471. The fraction of sp³-hybridized carbons (Fsp3) is 0.538. The van der Waals surface area contributed by atoms with Crippen LogP contribution in [-0.2, 0) is 17.5 Å². The zero-order valence-corrected chi connectivity index (χ0v) is 10.6. The minimum atomic E-state index is -4.37. The summed E-state index contributed by atoms with van der Waals surface area (Å²) in [6.45, 7) is 2.74. The molecule has 1 unspecified atom stereocenters. The number of benzene rings is 1. The summed E-state index contributed by atoms with van der Waals surface area (Å²) in [6, 6.07) is 3.47. The van der Waals surface area contributed by atoms with Crippen molar-refractivity contribution in [3.8, 4) is 0 Å². The van der Waals surface area contributed by atoms with Crippen LogP contribution >= 0.6 is 0 Å². The normalized spacial score (nSPS) is 20.9. The van der Waals surface area contributed by atoms with Crippen molar-refractivity contribution in [3.63, 3.8) is 0 Å². The minimum absolute atomic E-state index is 0.0101. The van der Waals surface area contributed by atoms with Crippen LogP contribution in [0.4, 0.5) is 18.9 Å². The predicted octanol–water partition coefficient (Wildman–Crippen LogP) is 4.49. The number of ether oxygens (including phenoxy) is 1. The molecule has 0 aliphatic carbocycles. The first kappa shape index (κ1) is 14.0. The number of azo groups is 1. The van der Waals surface area contributed by atoms with E-state index in [0.717, 1.165) is 25.0 Å². The molecule has 3 nitrogen and oxygen atoms in total. The van der Waals surface area contributed by atoms with Gasteiger partial charge in [-0.3, -0.25) is 0 Å². The molecule has 0 N–H and O–H groups in total. The average molecular weight is 272 g/mol. The summed E-state index contributed by atoms with van der Waals surface area (Å²) in [7, 11) is 0. The molecular formula is C13H15F3N2O. The van der Waals surface area contributed by atoms with Crippen LogP contribution in [0.2, 0.25) is 0 Å². The van der Waals surface area contributed by atoms with Crippen molar-refractivity contribution < 1.29 is 17.9 Å². The molecule has 0 spiro atoms. The lowest BCUT2D eigenvalue weighted by Crippen LogP contribution is -2.07. The third kappa shape index (κ3) is 3.76. The first-order valence-corrected chi connectivity index (χ1v) is 6.15. The molecule has 0 saturated heterocycles. The first-order chi connectivity index (χ1) is 8.97. The van der Waals surface area contributed by atoms with E-state index in [-0.39, 0.29) is 18.3 Å². The first-order valence-electron chi connectivity index (χ1n) is 6.15. The number of rotatable bonds is 0. The van der Waals surface area contributed by atoms with Gasteiger partial charge in [0.05, 0.1) is 23.9 Å². The van der Waals surface area contributed by atoms with E-state index < -0.39 is 11.7 Å². The molecule has 6 heteroatoms. The highest BCUT2D eigenvalue weighted by Crippen LogP contribution is 2.34. The second-order valence-electron chi connectivity index (χ2n) is 4.60. The fourth-order valence-corrected chi connectivity index (χ4v) is 1.84. The lowest BCUT2D eigenvalue weighted by Gasteiger charge is -2.13. The maximum Gasteiger partial charge on any atom is 0.416 e. The van der Waals surface area contributed by atoms with E-state index >= 15 is 0 Å². The maximum atomic E-state index is 12.7. The molecule has 0 aromatic heterocycles. The van der Waals surface area contributed by atoms with E-state index in [2.05, 4.69) is 10.2 Å². The standard InChI is InChI=1S/C13H15F3N2O/c1-9-3-2-6-19-8-10-4-5-11(13(14,15)16)7-12(10)18-17-9/h4-5,7,9H,2-3,6,8H2,1H3. The Kier molecular flexibility index (Phi) is 4.19. The van der Waals surface area contributed by atoms with Gasteiger partial charge >= 0.3 is 6.18 Å². The molecule has 1 aliphatic heterocycles. The van der Waals surface area contributed by atoms with Gasteiger partial charge in [0.1, 0.15) is 0 Å². The maximum absolute atomic E-state index is 12.7. The fourth-order valence-electron chi connectivity index (χ4n) is 1.84. The second kappa shape index (κ2) is 5.69. The molecule has 0 bridgehead atoms. The van der Waals surface area contributed by atoms with Crippen LogP contribution in [0.15, 0.2) is 28.4 Å². The van der Waals surface area contributed by atoms with Crippen LogP contribution in [-0.4, -0.2) is 12.6 Å². The van der Waals surface area contributed by atoms with Crippen LogP contribution < -0.4 is 0 Å². The van der Waals surface area contributed by atoms with Crippen molar-refractivity contribution in [3.05, 3.63) is 29.3 Å². The molecular weight excluding hydrogens is 257 g/mol. The van der Waals surface area contributed by atoms with Crippen molar-refractivity contribution in [1.82, 2.24) is 0 Å².